The summed E-state index contributed by atoms with van der Waals surface area (Å²) in [6.07, 6.45) is 0. The number of hydrogen-bond acceptors (Lipinski definition) is 2. The molecular formula is C42H42N2. The van der Waals surface area contributed by atoms with Crippen molar-refractivity contribution < 1.29 is 0 Å². The molecule has 2 heteroatoms. The summed E-state index contributed by atoms with van der Waals surface area (Å²) in [6.45, 7) is 12.7. The molecule has 0 aromatic heterocycles. The molecule has 220 valence electrons. The van der Waals surface area contributed by atoms with Crippen LogP contribution in [0.1, 0.15) is 33.4 Å². The van der Waals surface area contributed by atoms with E-state index in [-0.39, 0.29) is 0 Å². The maximum Gasteiger partial charge on any atom is 0.0461 e. The second-order valence-electron chi connectivity index (χ2n) is 11.7. The van der Waals surface area contributed by atoms with E-state index >= 15 is 0 Å². The van der Waals surface area contributed by atoms with Gasteiger partial charge in [-0.15, -0.1) is 0 Å². The van der Waals surface area contributed by atoms with Gasteiger partial charge in [-0.3, -0.25) is 0 Å². The van der Waals surface area contributed by atoms with Gasteiger partial charge < -0.3 is 9.80 Å². The van der Waals surface area contributed by atoms with Gasteiger partial charge in [0.15, 0.2) is 0 Å². The first-order valence-corrected chi connectivity index (χ1v) is 15.3. The summed E-state index contributed by atoms with van der Waals surface area (Å²) < 4.78 is 0. The van der Waals surface area contributed by atoms with Crippen molar-refractivity contribution in [2.75, 3.05) is 9.80 Å². The summed E-state index contributed by atoms with van der Waals surface area (Å²) in [7, 11) is 0. The quantitative estimate of drug-likeness (QED) is 0.195. The smallest absolute Gasteiger partial charge is 0.0461 e. The van der Waals surface area contributed by atoms with Crippen molar-refractivity contribution in [1.82, 2.24) is 0 Å². The van der Waals surface area contributed by atoms with Crippen LogP contribution < -0.4 is 9.80 Å². The van der Waals surface area contributed by atoms with Crippen molar-refractivity contribution in [3.63, 3.8) is 0 Å². The third kappa shape index (κ3) is 7.65. The van der Waals surface area contributed by atoms with E-state index in [4.69, 9.17) is 0 Å². The molecule has 6 aromatic rings. The van der Waals surface area contributed by atoms with E-state index < -0.39 is 0 Å². The molecule has 0 atom stereocenters. The molecule has 0 amide bonds. The summed E-state index contributed by atoms with van der Waals surface area (Å²) in [5.74, 6) is 0. The van der Waals surface area contributed by atoms with Crippen LogP contribution in [0.25, 0.3) is 0 Å². The molecule has 0 aliphatic rings. The zero-order chi connectivity index (χ0) is 31.1. The second-order valence-corrected chi connectivity index (χ2v) is 11.7. The van der Waals surface area contributed by atoms with Crippen LogP contribution in [0.15, 0.2) is 146 Å². The lowest BCUT2D eigenvalue weighted by molar-refractivity contribution is 1.26. The highest BCUT2D eigenvalue weighted by molar-refractivity contribution is 5.77. The Labute approximate surface area is 263 Å². The lowest BCUT2D eigenvalue weighted by Crippen LogP contribution is -2.09. The van der Waals surface area contributed by atoms with Gasteiger partial charge in [-0.2, -0.15) is 0 Å². The van der Waals surface area contributed by atoms with E-state index in [1.807, 2.05) is 0 Å². The topological polar surface area (TPSA) is 6.48 Å². The summed E-state index contributed by atoms with van der Waals surface area (Å²) >= 11 is 0. The number of nitrogens with zero attached hydrogens (tertiary/aromatic N) is 2. The predicted molar refractivity (Wildman–Crippen MR) is 191 cm³/mol. The van der Waals surface area contributed by atoms with Crippen LogP contribution in [-0.4, -0.2) is 0 Å². The molecule has 0 bridgehead atoms. The van der Waals surface area contributed by atoms with E-state index in [2.05, 4.69) is 197 Å². The maximum absolute atomic E-state index is 2.29. The average molecular weight is 575 g/mol. The van der Waals surface area contributed by atoms with E-state index in [9.17, 15) is 0 Å². The van der Waals surface area contributed by atoms with Crippen LogP contribution in [0.4, 0.5) is 34.1 Å². The third-order valence-electron chi connectivity index (χ3n) is 7.75. The predicted octanol–water partition coefficient (Wildman–Crippen LogP) is 12.2. The molecule has 44 heavy (non-hydrogen) atoms. The molecule has 2 nitrogen and oxygen atoms in total. The highest BCUT2D eigenvalue weighted by Crippen LogP contribution is 2.36. The summed E-state index contributed by atoms with van der Waals surface area (Å²) in [4.78, 5) is 4.58. The van der Waals surface area contributed by atoms with Crippen LogP contribution in [-0.2, 0) is 0 Å². The summed E-state index contributed by atoms with van der Waals surface area (Å²) in [5.41, 5.74) is 14.7. The van der Waals surface area contributed by atoms with Crippen molar-refractivity contribution in [3.05, 3.63) is 179 Å². The summed E-state index contributed by atoms with van der Waals surface area (Å²) in [5, 5.41) is 0. The molecule has 6 aromatic carbocycles. The molecule has 0 unspecified atom stereocenters. The van der Waals surface area contributed by atoms with Crippen LogP contribution in [0.3, 0.4) is 0 Å². The molecule has 0 aliphatic heterocycles. The Morgan fingerprint density at radius 1 is 0.205 bits per heavy atom. The number of aryl methyl sites for hydroxylation is 6. The van der Waals surface area contributed by atoms with Crippen molar-refractivity contribution >= 4 is 34.1 Å². The van der Waals surface area contributed by atoms with Crippen molar-refractivity contribution in [2.45, 2.75) is 41.5 Å². The normalized spacial score (nSPS) is 10.5. The van der Waals surface area contributed by atoms with Crippen LogP contribution in [0, 0.1) is 41.5 Å². The fraction of sp³-hybridized carbons (Fsp3) is 0.143. The van der Waals surface area contributed by atoms with Crippen LogP contribution in [0.5, 0.6) is 0 Å². The first kappa shape index (κ1) is 30.4. The van der Waals surface area contributed by atoms with Crippen LogP contribution >= 0.6 is 0 Å². The van der Waals surface area contributed by atoms with Crippen molar-refractivity contribution in [2.24, 2.45) is 0 Å². The molecule has 0 saturated heterocycles. The molecule has 0 heterocycles. The minimum absolute atomic E-state index is 1.18. The Morgan fingerprint density at radius 3 is 0.432 bits per heavy atom. The number of benzene rings is 6. The lowest BCUT2D eigenvalue weighted by atomic mass is 10.1. The van der Waals surface area contributed by atoms with Crippen molar-refractivity contribution in [3.8, 4) is 0 Å². The molecule has 0 fully saturated rings. The largest absolute Gasteiger partial charge is 0.311 e. The second kappa shape index (κ2) is 13.9. The van der Waals surface area contributed by atoms with Crippen molar-refractivity contribution in [1.29, 1.82) is 0 Å². The summed E-state index contributed by atoms with van der Waals surface area (Å²) in [6, 6.07) is 52.0. The van der Waals surface area contributed by atoms with Gasteiger partial charge in [0.2, 0.25) is 0 Å². The highest BCUT2D eigenvalue weighted by Gasteiger charge is 2.13. The fourth-order valence-electron chi connectivity index (χ4n) is 5.06. The zero-order valence-corrected chi connectivity index (χ0v) is 26.8. The number of hydrogen-bond donors (Lipinski definition) is 0. The third-order valence-corrected chi connectivity index (χ3v) is 7.75. The van der Waals surface area contributed by atoms with E-state index in [0.717, 1.165) is 0 Å². The van der Waals surface area contributed by atoms with E-state index in [1.165, 1.54) is 67.5 Å². The number of rotatable bonds is 6. The Bertz CT molecular complexity index is 1390. The first-order chi connectivity index (χ1) is 21.3. The highest BCUT2D eigenvalue weighted by atomic mass is 15.1. The monoisotopic (exact) mass is 574 g/mol. The van der Waals surface area contributed by atoms with Gasteiger partial charge in [0.25, 0.3) is 0 Å². The van der Waals surface area contributed by atoms with Gasteiger partial charge >= 0.3 is 0 Å². The molecule has 0 saturated carbocycles. The number of anilines is 6. The minimum atomic E-state index is 1.18. The SMILES string of the molecule is Cc1ccc(N(c2ccc(C)cc2)c2ccc(C)cc2)cc1.Cc1ccc(N(c2ccc(C)cc2)c2ccc(C)cc2)cc1. The van der Waals surface area contributed by atoms with E-state index in [1.54, 1.807) is 0 Å². The van der Waals surface area contributed by atoms with Gasteiger partial charge in [-0.25, -0.2) is 0 Å². The molecule has 0 spiro atoms. The lowest BCUT2D eigenvalue weighted by Gasteiger charge is -2.25. The molecule has 0 N–H and O–H groups in total. The molecule has 0 radical (unpaired) electrons. The standard InChI is InChI=1S/2C21H21N/c2*1-16-4-10-19(11-5-16)22(20-12-6-17(2)7-13-20)21-14-8-18(3)9-15-21/h2*4-15H,1-3H3. The van der Waals surface area contributed by atoms with Gasteiger partial charge in [-0.1, -0.05) is 106 Å². The van der Waals surface area contributed by atoms with Crippen LogP contribution in [0.2, 0.25) is 0 Å². The Morgan fingerprint density at radius 2 is 0.318 bits per heavy atom. The fourth-order valence-corrected chi connectivity index (χ4v) is 5.06. The molecule has 0 aliphatic carbocycles. The first-order valence-electron chi connectivity index (χ1n) is 15.3. The maximum atomic E-state index is 2.29. The van der Waals surface area contributed by atoms with Gasteiger partial charge in [0, 0.05) is 34.1 Å². The Kier molecular flexibility index (Phi) is 9.62. The Hall–Kier alpha value is -5.08. The molecular weight excluding hydrogens is 532 g/mol. The zero-order valence-electron chi connectivity index (χ0n) is 26.8. The van der Waals surface area contributed by atoms with E-state index in [0.29, 0.717) is 0 Å². The Balaban J connectivity index is 0.000000175. The van der Waals surface area contributed by atoms with Gasteiger partial charge in [-0.05, 0) is 114 Å². The van der Waals surface area contributed by atoms with Gasteiger partial charge in [0.05, 0.1) is 0 Å². The average Bonchev–Trinajstić information content (AvgIpc) is 3.03. The van der Waals surface area contributed by atoms with Gasteiger partial charge in [0.1, 0.15) is 0 Å². The minimum Gasteiger partial charge on any atom is -0.311 e. The molecule has 6 rings (SSSR count).